The van der Waals surface area contributed by atoms with Crippen LogP contribution in [0, 0.1) is 0 Å². The lowest BCUT2D eigenvalue weighted by atomic mass is 9.81. The van der Waals surface area contributed by atoms with Crippen LogP contribution in [0.15, 0.2) is 97.1 Å². The predicted molar refractivity (Wildman–Crippen MR) is 112 cm³/mol. The van der Waals surface area contributed by atoms with Crippen molar-refractivity contribution in [3.8, 4) is 22.3 Å². The minimum Gasteiger partial charge on any atom is -0.298 e. The number of carbonyl (C=O) groups excluding carboxylic acids is 1. The number of ketones is 1. The first kappa shape index (κ1) is 15.6. The number of hydrogen-bond acceptors (Lipinski definition) is 1. The van der Waals surface area contributed by atoms with Crippen molar-refractivity contribution in [2.75, 3.05) is 0 Å². The van der Waals surface area contributed by atoms with Gasteiger partial charge >= 0.3 is 0 Å². The van der Waals surface area contributed by atoms with E-state index in [9.17, 15) is 4.79 Å². The molecule has 0 fully saturated rings. The number of Topliss-reactive ketones (excluding diaryl/α,β-unsaturated/α-hetero) is 1. The van der Waals surface area contributed by atoms with E-state index in [-0.39, 0.29) is 17.6 Å². The van der Waals surface area contributed by atoms with Crippen LogP contribution >= 0.6 is 0 Å². The fourth-order valence-electron chi connectivity index (χ4n) is 5.09. The second-order valence-electron chi connectivity index (χ2n) is 7.62. The average Bonchev–Trinajstić information content (AvgIpc) is 3.27. The summed E-state index contributed by atoms with van der Waals surface area (Å²) >= 11 is 0. The van der Waals surface area contributed by atoms with Crippen LogP contribution in [0.3, 0.4) is 0 Å². The third-order valence-corrected chi connectivity index (χ3v) is 6.24. The summed E-state index contributed by atoms with van der Waals surface area (Å²) in [5.41, 5.74) is 9.30. The molecule has 132 valence electrons. The summed E-state index contributed by atoms with van der Waals surface area (Å²) in [5, 5.41) is 0. The molecular formula is C27H18O. The van der Waals surface area contributed by atoms with E-state index in [1.165, 1.54) is 22.3 Å². The first-order valence-electron chi connectivity index (χ1n) is 9.75. The highest BCUT2D eigenvalue weighted by atomic mass is 16.1. The van der Waals surface area contributed by atoms with Crippen molar-refractivity contribution in [3.63, 3.8) is 0 Å². The standard InChI is InChI=1S/C27H18O/c28-27(25-21-13-5-1-9-17(21)18-10-2-6-14-22(18)25)26-23-15-7-3-11-19(23)20-12-4-8-16-24(20)26/h1-16,25-26H. The summed E-state index contributed by atoms with van der Waals surface area (Å²) in [6.07, 6.45) is 0. The normalized spacial score (nSPS) is 14.3. The molecule has 1 nitrogen and oxygen atoms in total. The van der Waals surface area contributed by atoms with Crippen LogP contribution in [0.4, 0.5) is 0 Å². The first-order chi connectivity index (χ1) is 13.8. The zero-order valence-electron chi connectivity index (χ0n) is 15.3. The van der Waals surface area contributed by atoms with Crippen LogP contribution in [0.25, 0.3) is 22.3 Å². The molecule has 0 saturated heterocycles. The molecule has 0 spiro atoms. The van der Waals surface area contributed by atoms with Crippen LogP contribution in [-0.2, 0) is 4.79 Å². The molecule has 0 bridgehead atoms. The Hall–Kier alpha value is -3.45. The molecule has 2 aliphatic carbocycles. The monoisotopic (exact) mass is 358 g/mol. The molecule has 0 aromatic heterocycles. The van der Waals surface area contributed by atoms with E-state index in [2.05, 4.69) is 72.8 Å². The SMILES string of the molecule is O=C(C1c2ccccc2-c2ccccc21)C1c2ccccc2-c2ccccc21. The second-order valence-corrected chi connectivity index (χ2v) is 7.62. The second kappa shape index (κ2) is 5.77. The highest BCUT2D eigenvalue weighted by Gasteiger charge is 2.41. The van der Waals surface area contributed by atoms with Crippen LogP contribution in [0.5, 0.6) is 0 Å². The molecule has 0 amide bonds. The molecule has 6 rings (SSSR count). The molecule has 0 N–H and O–H groups in total. The van der Waals surface area contributed by atoms with Crippen LogP contribution in [0.2, 0.25) is 0 Å². The van der Waals surface area contributed by atoms with E-state index < -0.39 is 0 Å². The fraction of sp³-hybridized carbons (Fsp3) is 0.0741. The van der Waals surface area contributed by atoms with Gasteiger partial charge < -0.3 is 0 Å². The first-order valence-corrected chi connectivity index (χ1v) is 9.75. The third-order valence-electron chi connectivity index (χ3n) is 6.24. The molecule has 0 aliphatic heterocycles. The van der Waals surface area contributed by atoms with Gasteiger partial charge in [-0.15, -0.1) is 0 Å². The summed E-state index contributed by atoms with van der Waals surface area (Å²) < 4.78 is 0. The van der Waals surface area contributed by atoms with Gasteiger partial charge in [0.1, 0.15) is 0 Å². The molecule has 0 atom stereocenters. The average molecular weight is 358 g/mol. The van der Waals surface area contributed by atoms with Crippen LogP contribution < -0.4 is 0 Å². The summed E-state index contributed by atoms with van der Waals surface area (Å²) in [6.45, 7) is 0. The Bertz CT molecular complexity index is 1060. The highest BCUT2D eigenvalue weighted by molar-refractivity contribution is 6.05. The maximum absolute atomic E-state index is 14.1. The van der Waals surface area contributed by atoms with E-state index in [1.54, 1.807) is 0 Å². The Balaban J connectivity index is 1.57. The molecule has 28 heavy (non-hydrogen) atoms. The van der Waals surface area contributed by atoms with Gasteiger partial charge in [0.15, 0.2) is 5.78 Å². The Morgan fingerprint density at radius 1 is 0.429 bits per heavy atom. The summed E-state index contributed by atoms with van der Waals surface area (Å²) in [6, 6.07) is 33.4. The van der Waals surface area contributed by atoms with E-state index in [0.29, 0.717) is 0 Å². The molecule has 0 heterocycles. The number of rotatable bonds is 2. The quantitative estimate of drug-likeness (QED) is 0.418. The Kier molecular flexibility index (Phi) is 3.21. The Morgan fingerprint density at radius 2 is 0.679 bits per heavy atom. The molecular weight excluding hydrogens is 340 g/mol. The van der Waals surface area contributed by atoms with Crippen molar-refractivity contribution in [2.24, 2.45) is 0 Å². The lowest BCUT2D eigenvalue weighted by Crippen LogP contribution is -2.20. The van der Waals surface area contributed by atoms with Gasteiger partial charge in [-0.25, -0.2) is 0 Å². The smallest absolute Gasteiger partial charge is 0.156 e. The van der Waals surface area contributed by atoms with Crippen molar-refractivity contribution < 1.29 is 4.79 Å². The van der Waals surface area contributed by atoms with Gasteiger partial charge in [-0.2, -0.15) is 0 Å². The molecule has 0 unspecified atom stereocenters. The van der Waals surface area contributed by atoms with Gasteiger partial charge in [-0.3, -0.25) is 4.79 Å². The molecule has 0 saturated carbocycles. The number of benzene rings is 4. The van der Waals surface area contributed by atoms with Crippen molar-refractivity contribution in [2.45, 2.75) is 11.8 Å². The predicted octanol–water partition coefficient (Wildman–Crippen LogP) is 6.18. The molecule has 4 aromatic carbocycles. The van der Waals surface area contributed by atoms with Crippen LogP contribution in [-0.4, -0.2) is 5.78 Å². The van der Waals surface area contributed by atoms with Gasteiger partial charge in [0, 0.05) is 0 Å². The van der Waals surface area contributed by atoms with Gasteiger partial charge in [0.25, 0.3) is 0 Å². The van der Waals surface area contributed by atoms with Gasteiger partial charge in [-0.1, -0.05) is 97.1 Å². The molecule has 0 radical (unpaired) electrons. The van der Waals surface area contributed by atoms with E-state index in [4.69, 9.17) is 0 Å². The van der Waals surface area contributed by atoms with Crippen LogP contribution in [0.1, 0.15) is 34.1 Å². The largest absolute Gasteiger partial charge is 0.298 e. The number of fused-ring (bicyclic) bond motifs is 6. The van der Waals surface area contributed by atoms with Gasteiger partial charge in [0.05, 0.1) is 11.8 Å². The molecule has 1 heteroatoms. The maximum Gasteiger partial charge on any atom is 0.156 e. The lowest BCUT2D eigenvalue weighted by Gasteiger charge is -2.19. The summed E-state index contributed by atoms with van der Waals surface area (Å²) in [5.74, 6) is -0.150. The highest BCUT2D eigenvalue weighted by Crippen LogP contribution is 2.51. The van der Waals surface area contributed by atoms with Crippen molar-refractivity contribution in [1.82, 2.24) is 0 Å². The fourth-order valence-corrected chi connectivity index (χ4v) is 5.09. The topological polar surface area (TPSA) is 17.1 Å². The Labute approximate surface area is 164 Å². The zero-order valence-corrected chi connectivity index (χ0v) is 15.3. The van der Waals surface area contributed by atoms with E-state index in [1.807, 2.05) is 24.3 Å². The minimum absolute atomic E-state index is 0.211. The van der Waals surface area contributed by atoms with Crippen molar-refractivity contribution >= 4 is 5.78 Å². The summed E-state index contributed by atoms with van der Waals surface area (Å²) in [7, 11) is 0. The zero-order chi connectivity index (χ0) is 18.7. The van der Waals surface area contributed by atoms with E-state index in [0.717, 1.165) is 22.3 Å². The maximum atomic E-state index is 14.1. The minimum atomic E-state index is -0.211. The Morgan fingerprint density at radius 3 is 0.964 bits per heavy atom. The van der Waals surface area contributed by atoms with Crippen molar-refractivity contribution in [1.29, 1.82) is 0 Å². The molecule has 2 aliphatic rings. The van der Waals surface area contributed by atoms with E-state index >= 15 is 0 Å². The lowest BCUT2D eigenvalue weighted by molar-refractivity contribution is -0.120. The number of carbonyl (C=O) groups is 1. The van der Waals surface area contributed by atoms with Crippen molar-refractivity contribution in [3.05, 3.63) is 119 Å². The van der Waals surface area contributed by atoms with Gasteiger partial charge in [0.2, 0.25) is 0 Å². The summed E-state index contributed by atoms with van der Waals surface area (Å²) in [4.78, 5) is 14.1. The molecule has 4 aromatic rings. The van der Waals surface area contributed by atoms with Gasteiger partial charge in [-0.05, 0) is 44.5 Å². The third kappa shape index (κ3) is 1.99. The number of hydrogen-bond donors (Lipinski definition) is 0.